The second-order valence-corrected chi connectivity index (χ2v) is 3.92. The van der Waals surface area contributed by atoms with Gasteiger partial charge in [0.15, 0.2) is 0 Å². The highest BCUT2D eigenvalue weighted by molar-refractivity contribution is 9.09. The van der Waals surface area contributed by atoms with Gasteiger partial charge in [0.05, 0.1) is 6.10 Å². The topological polar surface area (TPSA) is 20.2 Å². The number of rotatable bonds is 2. The molecule has 1 aromatic rings. The van der Waals surface area contributed by atoms with E-state index in [0.717, 1.165) is 5.56 Å². The first-order valence-corrected chi connectivity index (χ1v) is 5.03. The third kappa shape index (κ3) is 1.81. The van der Waals surface area contributed by atoms with Crippen molar-refractivity contribution in [3.05, 3.63) is 21.9 Å². The van der Waals surface area contributed by atoms with E-state index in [1.807, 2.05) is 18.4 Å². The lowest BCUT2D eigenvalue weighted by Crippen LogP contribution is -1.94. The lowest BCUT2D eigenvalue weighted by molar-refractivity contribution is 0.206. The van der Waals surface area contributed by atoms with Gasteiger partial charge in [-0.3, -0.25) is 0 Å². The van der Waals surface area contributed by atoms with Gasteiger partial charge >= 0.3 is 0 Å². The van der Waals surface area contributed by atoms with Gasteiger partial charge in [-0.2, -0.15) is 0 Å². The van der Waals surface area contributed by atoms with Crippen LogP contribution in [-0.4, -0.2) is 10.4 Å². The molecule has 0 unspecified atom stereocenters. The summed E-state index contributed by atoms with van der Waals surface area (Å²) in [5.74, 6) is 0. The average Bonchev–Trinajstić information content (AvgIpc) is 2.34. The zero-order valence-corrected chi connectivity index (χ0v) is 8.08. The minimum absolute atomic E-state index is 0.343. The summed E-state index contributed by atoms with van der Waals surface area (Å²) in [4.78, 5) is 1.25. The quantitative estimate of drug-likeness (QED) is 0.760. The first-order chi connectivity index (χ1) is 4.74. The molecule has 0 amide bonds. The standard InChI is InChI=1S/C7H9BrOS/c1-5-2-6(4-10-5)7(9)3-8/h2,4,7,9H,3H2,1H3/t7-/m1/s1. The Labute approximate surface area is 72.8 Å². The second-order valence-electron chi connectivity index (χ2n) is 2.16. The molecular formula is C7H9BrOS. The Morgan fingerprint density at radius 2 is 2.50 bits per heavy atom. The highest BCUT2D eigenvalue weighted by Gasteiger charge is 2.05. The summed E-state index contributed by atoms with van der Waals surface area (Å²) >= 11 is 4.88. The minimum Gasteiger partial charge on any atom is -0.388 e. The predicted molar refractivity (Wildman–Crippen MR) is 47.8 cm³/mol. The van der Waals surface area contributed by atoms with Crippen LogP contribution in [0.4, 0.5) is 0 Å². The molecule has 0 aliphatic heterocycles. The van der Waals surface area contributed by atoms with Crippen molar-refractivity contribution in [2.24, 2.45) is 0 Å². The Kier molecular flexibility index (Phi) is 2.89. The number of hydrogen-bond acceptors (Lipinski definition) is 2. The molecule has 3 heteroatoms. The van der Waals surface area contributed by atoms with Gasteiger partial charge in [0, 0.05) is 10.2 Å². The van der Waals surface area contributed by atoms with Crippen LogP contribution in [0.5, 0.6) is 0 Å². The first kappa shape index (κ1) is 8.24. The number of halogens is 1. The smallest absolute Gasteiger partial charge is 0.0894 e. The molecule has 1 N–H and O–H groups in total. The van der Waals surface area contributed by atoms with Crippen molar-refractivity contribution in [3.8, 4) is 0 Å². The van der Waals surface area contributed by atoms with Gasteiger partial charge in [0.2, 0.25) is 0 Å². The normalized spacial score (nSPS) is 13.5. The van der Waals surface area contributed by atoms with Gasteiger partial charge in [-0.05, 0) is 23.9 Å². The van der Waals surface area contributed by atoms with Crippen molar-refractivity contribution in [2.45, 2.75) is 13.0 Å². The third-order valence-electron chi connectivity index (χ3n) is 1.28. The molecule has 10 heavy (non-hydrogen) atoms. The van der Waals surface area contributed by atoms with Crippen LogP contribution in [0.15, 0.2) is 11.4 Å². The molecule has 0 aromatic carbocycles. The summed E-state index contributed by atoms with van der Waals surface area (Å²) in [6, 6.07) is 2.01. The van der Waals surface area contributed by atoms with Gasteiger partial charge in [0.25, 0.3) is 0 Å². The van der Waals surface area contributed by atoms with Crippen LogP contribution in [-0.2, 0) is 0 Å². The van der Waals surface area contributed by atoms with Crippen molar-refractivity contribution in [2.75, 3.05) is 5.33 Å². The molecule has 1 nitrogen and oxygen atoms in total. The van der Waals surface area contributed by atoms with E-state index in [4.69, 9.17) is 0 Å². The van der Waals surface area contributed by atoms with Crippen molar-refractivity contribution >= 4 is 27.3 Å². The van der Waals surface area contributed by atoms with E-state index in [1.54, 1.807) is 11.3 Å². The molecule has 0 saturated heterocycles. The zero-order valence-electron chi connectivity index (χ0n) is 5.67. The Hall–Kier alpha value is 0.140. The SMILES string of the molecule is Cc1cc([C@H](O)CBr)cs1. The first-order valence-electron chi connectivity index (χ1n) is 3.03. The largest absolute Gasteiger partial charge is 0.388 e. The molecule has 0 saturated carbocycles. The summed E-state index contributed by atoms with van der Waals surface area (Å²) in [7, 11) is 0. The number of thiophene rings is 1. The highest BCUT2D eigenvalue weighted by Crippen LogP contribution is 2.21. The van der Waals surface area contributed by atoms with Crippen LogP contribution in [0.1, 0.15) is 16.5 Å². The van der Waals surface area contributed by atoms with Gasteiger partial charge in [-0.25, -0.2) is 0 Å². The lowest BCUT2D eigenvalue weighted by Gasteiger charge is -2.01. The van der Waals surface area contributed by atoms with Crippen molar-refractivity contribution in [1.82, 2.24) is 0 Å². The molecule has 0 radical (unpaired) electrons. The Balaban J connectivity index is 2.74. The van der Waals surface area contributed by atoms with Crippen molar-refractivity contribution in [3.63, 3.8) is 0 Å². The van der Waals surface area contributed by atoms with E-state index in [0.29, 0.717) is 5.33 Å². The van der Waals surface area contributed by atoms with Crippen molar-refractivity contribution < 1.29 is 5.11 Å². The molecular weight excluding hydrogens is 212 g/mol. The molecule has 0 aliphatic rings. The van der Waals surface area contributed by atoms with Crippen LogP contribution in [0.2, 0.25) is 0 Å². The van der Waals surface area contributed by atoms with Crippen molar-refractivity contribution in [1.29, 1.82) is 0 Å². The average molecular weight is 221 g/mol. The number of aliphatic hydroxyl groups excluding tert-OH is 1. The van der Waals surface area contributed by atoms with Crippen LogP contribution in [0.3, 0.4) is 0 Å². The van der Waals surface area contributed by atoms with Gasteiger partial charge in [0.1, 0.15) is 0 Å². The Morgan fingerprint density at radius 1 is 1.80 bits per heavy atom. The fourth-order valence-electron chi connectivity index (χ4n) is 0.728. The summed E-state index contributed by atoms with van der Waals surface area (Å²) in [5.41, 5.74) is 1.01. The minimum atomic E-state index is -0.343. The molecule has 1 rings (SSSR count). The molecule has 0 spiro atoms. The lowest BCUT2D eigenvalue weighted by atomic mass is 10.2. The zero-order chi connectivity index (χ0) is 7.56. The monoisotopic (exact) mass is 220 g/mol. The molecule has 1 atom stereocenters. The van der Waals surface area contributed by atoms with E-state index < -0.39 is 0 Å². The van der Waals surface area contributed by atoms with Gasteiger partial charge < -0.3 is 5.11 Å². The van der Waals surface area contributed by atoms with E-state index in [1.165, 1.54) is 4.88 Å². The Bertz CT molecular complexity index is 209. The molecule has 56 valence electrons. The Morgan fingerprint density at radius 3 is 2.90 bits per heavy atom. The maximum Gasteiger partial charge on any atom is 0.0894 e. The van der Waals surface area contributed by atoms with Crippen LogP contribution < -0.4 is 0 Å². The predicted octanol–water partition coefficient (Wildman–Crippen LogP) is 2.48. The highest BCUT2D eigenvalue weighted by atomic mass is 79.9. The van der Waals surface area contributed by atoms with Crippen LogP contribution in [0, 0.1) is 6.92 Å². The second kappa shape index (κ2) is 3.51. The third-order valence-corrected chi connectivity index (χ3v) is 2.77. The molecule has 1 heterocycles. The van der Waals surface area contributed by atoms with E-state index in [9.17, 15) is 5.11 Å². The summed E-state index contributed by atoms with van der Waals surface area (Å²) in [5, 5.41) is 11.9. The molecule has 0 fully saturated rings. The van der Waals surface area contributed by atoms with Gasteiger partial charge in [-0.15, -0.1) is 11.3 Å². The summed E-state index contributed by atoms with van der Waals surface area (Å²) < 4.78 is 0. The number of alkyl halides is 1. The fourth-order valence-corrected chi connectivity index (χ4v) is 1.85. The molecule has 1 aromatic heterocycles. The summed E-state index contributed by atoms with van der Waals surface area (Å²) in [6.45, 7) is 2.04. The summed E-state index contributed by atoms with van der Waals surface area (Å²) in [6.07, 6.45) is -0.343. The van der Waals surface area contributed by atoms with E-state index in [2.05, 4.69) is 15.9 Å². The number of aliphatic hydroxyl groups is 1. The maximum absolute atomic E-state index is 9.30. The molecule has 0 bridgehead atoms. The van der Waals surface area contributed by atoms with Crippen LogP contribution in [0.25, 0.3) is 0 Å². The maximum atomic E-state index is 9.30. The van der Waals surface area contributed by atoms with E-state index in [-0.39, 0.29) is 6.10 Å². The number of aryl methyl sites for hydroxylation is 1. The van der Waals surface area contributed by atoms with Crippen LogP contribution >= 0.6 is 27.3 Å². The molecule has 0 aliphatic carbocycles. The van der Waals surface area contributed by atoms with E-state index >= 15 is 0 Å². The fraction of sp³-hybridized carbons (Fsp3) is 0.429. The van der Waals surface area contributed by atoms with Gasteiger partial charge in [-0.1, -0.05) is 15.9 Å². The number of hydrogen-bond donors (Lipinski definition) is 1.